The average Bonchev–Trinajstić information content (AvgIpc) is 3.19. The third-order valence-corrected chi connectivity index (χ3v) is 7.77. The summed E-state index contributed by atoms with van der Waals surface area (Å²) in [5.41, 5.74) is 1.16. The first-order valence-electron chi connectivity index (χ1n) is 12.5. The minimum absolute atomic E-state index is 0.0850. The van der Waals surface area contributed by atoms with Crippen molar-refractivity contribution in [1.29, 1.82) is 0 Å². The van der Waals surface area contributed by atoms with Crippen molar-refractivity contribution < 1.29 is 22.6 Å². The predicted octanol–water partition coefficient (Wildman–Crippen LogP) is 2.81. The van der Waals surface area contributed by atoms with E-state index in [9.17, 15) is 13.2 Å². The van der Waals surface area contributed by atoms with Gasteiger partial charge in [-0.25, -0.2) is 27.6 Å². The fourth-order valence-corrected chi connectivity index (χ4v) is 5.71. The number of H-pyrrole nitrogens is 1. The van der Waals surface area contributed by atoms with Crippen molar-refractivity contribution in [2.75, 3.05) is 47.1 Å². The van der Waals surface area contributed by atoms with Gasteiger partial charge in [-0.05, 0) is 51.3 Å². The Hall–Kier alpha value is -2.80. The van der Waals surface area contributed by atoms with Gasteiger partial charge in [0.1, 0.15) is 17.4 Å². The highest BCUT2D eigenvalue weighted by molar-refractivity contribution is 7.89. The molecule has 3 rings (SSSR count). The van der Waals surface area contributed by atoms with Gasteiger partial charge in [-0.1, -0.05) is 13.3 Å². The third-order valence-electron chi connectivity index (χ3n) is 5.88. The number of imidazole rings is 1. The van der Waals surface area contributed by atoms with Gasteiger partial charge in [0, 0.05) is 40.5 Å². The highest BCUT2D eigenvalue weighted by Crippen LogP contribution is 2.32. The fraction of sp³-hybridized carbons (Fsp3) is 0.560. The highest BCUT2D eigenvalue weighted by Gasteiger charge is 2.26. The zero-order chi connectivity index (χ0) is 27.0. The van der Waals surface area contributed by atoms with E-state index in [1.165, 1.54) is 20.8 Å². The Morgan fingerprint density at radius 3 is 2.32 bits per heavy atom. The Morgan fingerprint density at radius 2 is 1.73 bits per heavy atom. The molecule has 12 heteroatoms. The second-order valence-electron chi connectivity index (χ2n) is 8.59. The predicted molar refractivity (Wildman–Crippen MR) is 141 cm³/mol. The summed E-state index contributed by atoms with van der Waals surface area (Å²) >= 11 is 0. The van der Waals surface area contributed by atoms with Crippen molar-refractivity contribution in [2.45, 2.75) is 51.3 Å². The van der Waals surface area contributed by atoms with Gasteiger partial charge in [-0.2, -0.15) is 4.31 Å². The smallest absolute Gasteiger partial charge is 0.334 e. The number of sulfonamides is 1. The number of methoxy groups -OCH3 is 2. The molecule has 0 saturated heterocycles. The number of fused-ring (bicyclic) bond motifs is 1. The van der Waals surface area contributed by atoms with Crippen LogP contribution < -0.4 is 10.4 Å². The molecule has 1 aromatic carbocycles. The molecule has 0 aliphatic rings. The Bertz CT molecular complexity index is 1340. The lowest BCUT2D eigenvalue weighted by Crippen LogP contribution is -2.34. The van der Waals surface area contributed by atoms with Crippen molar-refractivity contribution in [1.82, 2.24) is 23.7 Å². The molecular formula is C25H37N5O6S. The van der Waals surface area contributed by atoms with Crippen LogP contribution in [0.15, 0.2) is 27.9 Å². The van der Waals surface area contributed by atoms with Crippen LogP contribution in [-0.2, 0) is 25.9 Å². The molecule has 0 unspecified atom stereocenters. The summed E-state index contributed by atoms with van der Waals surface area (Å²) in [6.45, 7) is 7.48. The van der Waals surface area contributed by atoms with E-state index in [4.69, 9.17) is 19.2 Å². The van der Waals surface area contributed by atoms with Gasteiger partial charge < -0.3 is 14.2 Å². The van der Waals surface area contributed by atoms with E-state index >= 15 is 0 Å². The van der Waals surface area contributed by atoms with Gasteiger partial charge in [0.2, 0.25) is 10.0 Å². The van der Waals surface area contributed by atoms with Crippen LogP contribution in [0.2, 0.25) is 0 Å². The van der Waals surface area contributed by atoms with Gasteiger partial charge in [0.15, 0.2) is 5.65 Å². The normalized spacial score (nSPS) is 12.1. The number of rotatable bonds is 15. The Kier molecular flexibility index (Phi) is 10.2. The van der Waals surface area contributed by atoms with Crippen LogP contribution in [0.3, 0.4) is 0 Å². The van der Waals surface area contributed by atoms with E-state index in [1.807, 2.05) is 13.8 Å². The molecule has 0 aliphatic carbocycles. The molecule has 1 N–H and O–H groups in total. The summed E-state index contributed by atoms with van der Waals surface area (Å²) in [6.07, 6.45) is 2.62. The molecule has 0 aliphatic heterocycles. The number of nitrogens with zero attached hydrogens (tertiary/aromatic N) is 4. The van der Waals surface area contributed by atoms with Gasteiger partial charge in [-0.15, -0.1) is 0 Å². The van der Waals surface area contributed by atoms with Crippen LogP contribution in [0, 0.1) is 6.92 Å². The van der Waals surface area contributed by atoms with Crippen LogP contribution in [0.1, 0.15) is 44.6 Å². The minimum atomic E-state index is -3.86. The molecule has 0 radical (unpaired) electrons. The molecule has 0 spiro atoms. The molecule has 0 atom stereocenters. The first kappa shape index (κ1) is 28.8. The summed E-state index contributed by atoms with van der Waals surface area (Å²) in [5.74, 6) is 1.19. The summed E-state index contributed by atoms with van der Waals surface area (Å²) in [6, 6.07) is 4.63. The molecule has 0 bridgehead atoms. The van der Waals surface area contributed by atoms with Crippen LogP contribution in [0.5, 0.6) is 5.75 Å². The largest absolute Gasteiger partial charge is 0.493 e. The van der Waals surface area contributed by atoms with E-state index in [2.05, 4.69) is 9.97 Å². The van der Waals surface area contributed by atoms with Crippen LogP contribution in [0.4, 0.5) is 0 Å². The second kappa shape index (κ2) is 13.1. The quantitative estimate of drug-likeness (QED) is 0.294. The molecule has 11 nitrogen and oxygen atoms in total. The Morgan fingerprint density at radius 1 is 1.05 bits per heavy atom. The summed E-state index contributed by atoms with van der Waals surface area (Å²) in [4.78, 5) is 25.1. The molecule has 2 aromatic heterocycles. The lowest BCUT2D eigenvalue weighted by molar-refractivity contribution is 0.175. The monoisotopic (exact) mass is 535 g/mol. The maximum atomic E-state index is 13.7. The number of aryl methyl sites for hydroxylation is 2. The Labute approximate surface area is 217 Å². The van der Waals surface area contributed by atoms with Gasteiger partial charge in [0.05, 0.1) is 22.8 Å². The summed E-state index contributed by atoms with van der Waals surface area (Å²) < 4.78 is 46.3. The van der Waals surface area contributed by atoms with Gasteiger partial charge >= 0.3 is 5.69 Å². The number of ether oxygens (including phenoxy) is 3. The maximum Gasteiger partial charge on any atom is 0.334 e. The van der Waals surface area contributed by atoms with Crippen molar-refractivity contribution in [2.24, 2.45) is 0 Å². The van der Waals surface area contributed by atoms with Crippen molar-refractivity contribution in [3.63, 3.8) is 0 Å². The minimum Gasteiger partial charge on any atom is -0.493 e. The van der Waals surface area contributed by atoms with Crippen molar-refractivity contribution in [3.8, 4) is 17.1 Å². The van der Waals surface area contributed by atoms with Crippen molar-refractivity contribution >= 4 is 15.7 Å². The number of hydrogen-bond acceptors (Lipinski definition) is 8. The van der Waals surface area contributed by atoms with E-state index in [0.717, 1.165) is 12.1 Å². The van der Waals surface area contributed by atoms with E-state index in [-0.39, 0.29) is 10.7 Å². The van der Waals surface area contributed by atoms with Crippen LogP contribution in [0.25, 0.3) is 17.0 Å². The maximum absolute atomic E-state index is 13.7. The van der Waals surface area contributed by atoms with E-state index in [1.54, 1.807) is 27.2 Å². The first-order valence-corrected chi connectivity index (χ1v) is 14.0. The standard InChI is InChI=1S/C25H37N5O6S/c1-6-10-21-24-27-23(28-25(31)30(24)18(3)26-21)20-17-19(11-12-22(20)36-7-2)37(32,33)29(13-8-15-34-4)14-9-16-35-5/h11-12,17H,6-10,13-16H2,1-5H3,(H,27,28,31). The summed E-state index contributed by atoms with van der Waals surface area (Å²) in [7, 11) is -0.691. The highest BCUT2D eigenvalue weighted by atomic mass is 32.2. The lowest BCUT2D eigenvalue weighted by Gasteiger charge is -2.23. The van der Waals surface area contributed by atoms with E-state index in [0.29, 0.717) is 75.0 Å². The number of hydrogen-bond donors (Lipinski definition) is 1. The zero-order valence-electron chi connectivity index (χ0n) is 22.2. The summed E-state index contributed by atoms with van der Waals surface area (Å²) in [5, 5.41) is 0. The molecule has 0 fully saturated rings. The molecule has 2 heterocycles. The number of aromatic nitrogens is 4. The SMILES string of the molecule is CCCc1nc(C)n2c(=O)[nH]c(-c3cc(S(=O)(=O)N(CCCOC)CCCOC)ccc3OCC)nc12. The number of benzene rings is 1. The number of nitrogens with one attached hydrogen (secondary N) is 1. The van der Waals surface area contributed by atoms with Crippen LogP contribution >= 0.6 is 0 Å². The average molecular weight is 536 g/mol. The fourth-order valence-electron chi connectivity index (χ4n) is 4.17. The van der Waals surface area contributed by atoms with Crippen LogP contribution in [-0.4, -0.2) is 79.2 Å². The molecule has 204 valence electrons. The lowest BCUT2D eigenvalue weighted by atomic mass is 10.2. The molecule has 3 aromatic rings. The molecule has 0 amide bonds. The Balaban J connectivity index is 2.12. The third kappa shape index (κ3) is 6.56. The molecular weight excluding hydrogens is 498 g/mol. The molecule has 0 saturated carbocycles. The van der Waals surface area contributed by atoms with Gasteiger partial charge in [-0.3, -0.25) is 4.98 Å². The topological polar surface area (TPSA) is 128 Å². The number of aromatic amines is 1. The zero-order valence-corrected chi connectivity index (χ0v) is 23.1. The first-order chi connectivity index (χ1) is 17.8. The van der Waals surface area contributed by atoms with Gasteiger partial charge in [0.25, 0.3) is 0 Å². The molecule has 37 heavy (non-hydrogen) atoms. The van der Waals surface area contributed by atoms with Crippen molar-refractivity contribution in [3.05, 3.63) is 40.2 Å². The second-order valence-corrected chi connectivity index (χ2v) is 10.5. The van der Waals surface area contributed by atoms with E-state index < -0.39 is 15.7 Å².